The first-order valence-electron chi connectivity index (χ1n) is 9.88. The maximum Gasteiger partial charge on any atom is 0.224 e. The normalized spacial score (nSPS) is 14.9. The number of ketones is 1. The number of aliphatic hydroxyl groups excluding tert-OH is 1. The van der Waals surface area contributed by atoms with E-state index in [1.807, 2.05) is 49.4 Å². The summed E-state index contributed by atoms with van der Waals surface area (Å²) in [5.74, 6) is -0.149. The topological polar surface area (TPSA) is 78.4 Å². The van der Waals surface area contributed by atoms with Crippen LogP contribution < -0.4 is 10.6 Å². The van der Waals surface area contributed by atoms with Crippen LogP contribution in [-0.4, -0.2) is 23.0 Å². The highest BCUT2D eigenvalue weighted by Crippen LogP contribution is 2.13. The highest BCUT2D eigenvalue weighted by molar-refractivity contribution is 5.93. The highest BCUT2D eigenvalue weighted by Gasteiger charge is 2.09. The Labute approximate surface area is 167 Å². The first-order chi connectivity index (χ1) is 13.5. The first kappa shape index (κ1) is 21.6. The van der Waals surface area contributed by atoms with E-state index in [1.54, 1.807) is 6.08 Å². The second-order valence-corrected chi connectivity index (χ2v) is 7.08. The zero-order chi connectivity index (χ0) is 20.2. The molecule has 0 aromatic heterocycles. The molecule has 0 bridgehead atoms. The van der Waals surface area contributed by atoms with E-state index in [4.69, 9.17) is 0 Å². The van der Waals surface area contributed by atoms with E-state index < -0.39 is 6.23 Å². The first-order valence-corrected chi connectivity index (χ1v) is 9.88. The number of aliphatic hydroxyl groups is 1. The largest absolute Gasteiger partial charge is 0.374 e. The molecule has 1 aliphatic rings. The van der Waals surface area contributed by atoms with E-state index in [2.05, 4.69) is 16.7 Å². The number of hydrogen-bond donors (Lipinski definition) is 3. The van der Waals surface area contributed by atoms with Crippen LogP contribution in [0.15, 0.2) is 65.9 Å². The molecule has 150 valence electrons. The highest BCUT2D eigenvalue weighted by atomic mass is 16.3. The third kappa shape index (κ3) is 8.82. The molecular weight excluding hydrogens is 352 g/mol. The van der Waals surface area contributed by atoms with Gasteiger partial charge >= 0.3 is 0 Å². The summed E-state index contributed by atoms with van der Waals surface area (Å²) in [6, 6.07) is 9.57. The van der Waals surface area contributed by atoms with Crippen molar-refractivity contribution in [2.75, 3.05) is 5.32 Å². The summed E-state index contributed by atoms with van der Waals surface area (Å²) in [5.41, 5.74) is 2.77. The van der Waals surface area contributed by atoms with E-state index in [-0.39, 0.29) is 24.5 Å². The van der Waals surface area contributed by atoms with Crippen molar-refractivity contribution in [2.45, 2.75) is 58.1 Å². The molecule has 0 saturated carbocycles. The van der Waals surface area contributed by atoms with Gasteiger partial charge in [0.05, 0.1) is 0 Å². The zero-order valence-corrected chi connectivity index (χ0v) is 16.5. The summed E-state index contributed by atoms with van der Waals surface area (Å²) in [6.45, 7) is 1.91. The van der Waals surface area contributed by atoms with Crippen LogP contribution in [0.3, 0.4) is 0 Å². The Morgan fingerprint density at radius 3 is 2.68 bits per heavy atom. The molecule has 0 heterocycles. The molecular formula is C23H30N2O3. The Hall–Kier alpha value is -2.66. The minimum absolute atomic E-state index is 0.0341. The number of amides is 1. The SMILES string of the molecule is C/C(=C\C(=O)CCC(=O)NC1=CC=CCC1)CCCC(O)Nc1ccccc1. The second kappa shape index (κ2) is 11.9. The van der Waals surface area contributed by atoms with Crippen LogP contribution in [-0.2, 0) is 9.59 Å². The number of para-hydroxylation sites is 1. The molecule has 1 unspecified atom stereocenters. The Morgan fingerprint density at radius 2 is 1.96 bits per heavy atom. The van der Waals surface area contributed by atoms with Gasteiger partial charge in [-0.05, 0) is 63.3 Å². The molecule has 1 aromatic carbocycles. The Kier molecular flexibility index (Phi) is 9.22. The predicted molar refractivity (Wildman–Crippen MR) is 113 cm³/mol. The average molecular weight is 383 g/mol. The fourth-order valence-corrected chi connectivity index (χ4v) is 2.98. The lowest BCUT2D eigenvalue weighted by Gasteiger charge is -2.14. The molecule has 1 aliphatic carbocycles. The van der Waals surface area contributed by atoms with Crippen LogP contribution in [0.5, 0.6) is 0 Å². The molecule has 0 radical (unpaired) electrons. The van der Waals surface area contributed by atoms with Gasteiger partial charge in [-0.3, -0.25) is 9.59 Å². The molecule has 1 aromatic rings. The van der Waals surface area contributed by atoms with Gasteiger partial charge in [-0.1, -0.05) is 35.9 Å². The summed E-state index contributed by atoms with van der Waals surface area (Å²) in [7, 11) is 0. The fraction of sp³-hybridized carbons (Fsp3) is 0.391. The van der Waals surface area contributed by atoms with Gasteiger partial charge in [-0.25, -0.2) is 0 Å². The standard InChI is InChI=1S/C23H30N2O3/c1-18(9-8-14-22(27)24-19-10-4-2-5-11-19)17-21(26)15-16-23(28)25-20-12-6-3-7-13-20/h2-6,10-12,17,22,24,27H,7-9,13-16H2,1H3,(H,25,28)/b18-17+. The van der Waals surface area contributed by atoms with Gasteiger partial charge in [0.2, 0.25) is 5.91 Å². The number of hydrogen-bond acceptors (Lipinski definition) is 4. The van der Waals surface area contributed by atoms with Crippen molar-refractivity contribution in [3.63, 3.8) is 0 Å². The lowest BCUT2D eigenvalue weighted by molar-refractivity contribution is -0.123. The molecule has 1 amide bonds. The number of rotatable bonds is 11. The van der Waals surface area contributed by atoms with Gasteiger partial charge < -0.3 is 15.7 Å². The minimum Gasteiger partial charge on any atom is -0.374 e. The zero-order valence-electron chi connectivity index (χ0n) is 16.5. The number of benzene rings is 1. The van der Waals surface area contributed by atoms with Crippen molar-refractivity contribution < 1.29 is 14.7 Å². The average Bonchev–Trinajstić information content (AvgIpc) is 2.68. The molecule has 5 heteroatoms. The monoisotopic (exact) mass is 382 g/mol. The van der Waals surface area contributed by atoms with Crippen LogP contribution in [0.25, 0.3) is 0 Å². The van der Waals surface area contributed by atoms with Crippen LogP contribution in [0.4, 0.5) is 5.69 Å². The second-order valence-electron chi connectivity index (χ2n) is 7.08. The van der Waals surface area contributed by atoms with Crippen LogP contribution >= 0.6 is 0 Å². The van der Waals surface area contributed by atoms with Gasteiger partial charge in [-0.2, -0.15) is 0 Å². The number of allylic oxidation sites excluding steroid dienone is 6. The number of nitrogens with one attached hydrogen (secondary N) is 2. The molecule has 0 fully saturated rings. The summed E-state index contributed by atoms with van der Waals surface area (Å²) >= 11 is 0. The summed E-state index contributed by atoms with van der Waals surface area (Å²) in [5, 5.41) is 15.9. The lowest BCUT2D eigenvalue weighted by Crippen LogP contribution is -2.23. The smallest absolute Gasteiger partial charge is 0.224 e. The van der Waals surface area contributed by atoms with Crippen LogP contribution in [0, 0.1) is 0 Å². The van der Waals surface area contributed by atoms with Crippen molar-refractivity contribution in [1.29, 1.82) is 0 Å². The molecule has 0 saturated heterocycles. The molecule has 1 atom stereocenters. The molecule has 0 aliphatic heterocycles. The molecule has 28 heavy (non-hydrogen) atoms. The molecule has 0 spiro atoms. The molecule has 3 N–H and O–H groups in total. The quantitative estimate of drug-likeness (QED) is 0.395. The predicted octanol–water partition coefficient (Wildman–Crippen LogP) is 4.23. The van der Waals surface area contributed by atoms with E-state index in [1.165, 1.54) is 0 Å². The van der Waals surface area contributed by atoms with Gasteiger partial charge in [-0.15, -0.1) is 0 Å². The van der Waals surface area contributed by atoms with Gasteiger partial charge in [0.15, 0.2) is 5.78 Å². The number of carbonyl (C=O) groups excluding carboxylic acids is 2. The number of anilines is 1. The van der Waals surface area contributed by atoms with E-state index in [0.717, 1.165) is 42.6 Å². The summed E-state index contributed by atoms with van der Waals surface area (Å²) in [6.07, 6.45) is 11.2. The van der Waals surface area contributed by atoms with Crippen molar-refractivity contribution in [3.8, 4) is 0 Å². The lowest BCUT2D eigenvalue weighted by atomic mass is 10.1. The summed E-state index contributed by atoms with van der Waals surface area (Å²) < 4.78 is 0. The minimum atomic E-state index is -0.612. The van der Waals surface area contributed by atoms with Crippen molar-refractivity contribution in [3.05, 3.63) is 65.9 Å². The third-order valence-electron chi connectivity index (χ3n) is 4.48. The van der Waals surface area contributed by atoms with E-state index >= 15 is 0 Å². The Balaban J connectivity index is 1.62. The van der Waals surface area contributed by atoms with E-state index in [0.29, 0.717) is 6.42 Å². The van der Waals surface area contributed by atoms with E-state index in [9.17, 15) is 14.7 Å². The third-order valence-corrected chi connectivity index (χ3v) is 4.48. The Bertz CT molecular complexity index is 735. The van der Waals surface area contributed by atoms with Crippen molar-refractivity contribution in [1.82, 2.24) is 5.32 Å². The van der Waals surface area contributed by atoms with Crippen molar-refractivity contribution >= 4 is 17.4 Å². The maximum absolute atomic E-state index is 12.0. The van der Waals surface area contributed by atoms with Crippen molar-refractivity contribution in [2.24, 2.45) is 0 Å². The Morgan fingerprint density at radius 1 is 1.18 bits per heavy atom. The molecule has 2 rings (SSSR count). The molecule has 5 nitrogen and oxygen atoms in total. The maximum atomic E-state index is 12.0. The fourth-order valence-electron chi connectivity index (χ4n) is 2.98. The van der Waals surface area contributed by atoms with Gasteiger partial charge in [0.25, 0.3) is 0 Å². The van der Waals surface area contributed by atoms with Gasteiger partial charge in [0.1, 0.15) is 6.23 Å². The van der Waals surface area contributed by atoms with Crippen LogP contribution in [0.2, 0.25) is 0 Å². The number of carbonyl (C=O) groups is 2. The van der Waals surface area contributed by atoms with Crippen LogP contribution in [0.1, 0.15) is 51.9 Å². The summed E-state index contributed by atoms with van der Waals surface area (Å²) in [4.78, 5) is 24.0. The van der Waals surface area contributed by atoms with Gasteiger partial charge in [0, 0.05) is 24.2 Å².